The van der Waals surface area contributed by atoms with E-state index in [0.29, 0.717) is 63.4 Å². The minimum absolute atomic E-state index is 0.0214. The number of amides is 3. The predicted octanol–water partition coefficient (Wildman–Crippen LogP) is 3.74. The molecular formula is C29H37F2N5O3. The summed E-state index contributed by atoms with van der Waals surface area (Å²) in [6.45, 7) is 10.5. The van der Waals surface area contributed by atoms with Crippen LogP contribution < -0.4 is 15.5 Å². The number of anilines is 2. The minimum atomic E-state index is -0.791. The van der Waals surface area contributed by atoms with Crippen molar-refractivity contribution in [2.24, 2.45) is 5.41 Å². The average Bonchev–Trinajstić information content (AvgIpc) is 3.13. The lowest BCUT2D eigenvalue weighted by molar-refractivity contribution is -0.117. The molecule has 3 amide bonds. The molecule has 0 bridgehead atoms. The van der Waals surface area contributed by atoms with Crippen LogP contribution in [0.4, 0.5) is 20.2 Å². The van der Waals surface area contributed by atoms with E-state index in [2.05, 4.69) is 15.5 Å². The Hall–Kier alpha value is -3.53. The van der Waals surface area contributed by atoms with Crippen molar-refractivity contribution in [3.8, 4) is 0 Å². The Morgan fingerprint density at radius 2 is 1.46 bits per heavy atom. The smallest absolute Gasteiger partial charge is 0.254 e. The summed E-state index contributed by atoms with van der Waals surface area (Å²) < 4.78 is 27.4. The van der Waals surface area contributed by atoms with E-state index in [-0.39, 0.29) is 22.8 Å². The van der Waals surface area contributed by atoms with Crippen LogP contribution in [0.2, 0.25) is 0 Å². The third kappa shape index (κ3) is 7.53. The Balaban J connectivity index is 1.55. The number of carbonyl (C=O) groups is 3. The Labute approximate surface area is 228 Å². The number of rotatable bonds is 5. The van der Waals surface area contributed by atoms with Gasteiger partial charge in [-0.2, -0.15) is 0 Å². The van der Waals surface area contributed by atoms with Gasteiger partial charge < -0.3 is 25.3 Å². The fourth-order valence-electron chi connectivity index (χ4n) is 4.99. The van der Waals surface area contributed by atoms with Gasteiger partial charge in [-0.25, -0.2) is 8.78 Å². The second-order valence-corrected chi connectivity index (χ2v) is 11.4. The first kappa shape index (κ1) is 28.5. The lowest BCUT2D eigenvalue weighted by atomic mass is 9.92. The Morgan fingerprint density at radius 3 is 2.13 bits per heavy atom. The summed E-state index contributed by atoms with van der Waals surface area (Å²) in [6.07, 6.45) is 0.940. The Kier molecular flexibility index (Phi) is 8.84. The number of halogens is 2. The zero-order chi connectivity index (χ0) is 28.2. The zero-order valence-corrected chi connectivity index (χ0v) is 22.9. The molecule has 0 aromatic heterocycles. The number of carbonyl (C=O) groups excluding carboxylic acids is 3. The van der Waals surface area contributed by atoms with E-state index in [4.69, 9.17) is 0 Å². The van der Waals surface area contributed by atoms with Gasteiger partial charge in [0.15, 0.2) is 0 Å². The molecule has 4 rings (SSSR count). The Morgan fingerprint density at radius 1 is 0.821 bits per heavy atom. The SMILES string of the molecule is CC(C)(C)CC(=O)Nc1cc(C(=O)N2CCNCC2)ccc1N1CCCN(C(=O)c2cc(F)cc(F)c2)CC1. The summed E-state index contributed by atoms with van der Waals surface area (Å²) in [5.41, 5.74) is 1.59. The standard InChI is InChI=1S/C29H37F2N5O3/c1-29(2,3)19-26(37)33-24-17-20(27(38)36-11-7-32-8-12-36)5-6-25(24)34-9-4-10-35(14-13-34)28(39)21-15-22(30)18-23(31)16-21/h5-6,15-18,32H,4,7-14,19H2,1-3H3,(H,33,37). The summed E-state index contributed by atoms with van der Waals surface area (Å²) in [5, 5.41) is 6.27. The van der Waals surface area contributed by atoms with Crippen LogP contribution in [0.5, 0.6) is 0 Å². The molecule has 0 saturated carbocycles. The van der Waals surface area contributed by atoms with Crippen molar-refractivity contribution in [1.29, 1.82) is 0 Å². The summed E-state index contributed by atoms with van der Waals surface area (Å²) >= 11 is 0. The highest BCUT2D eigenvalue weighted by atomic mass is 19.1. The molecule has 8 nitrogen and oxygen atoms in total. The molecule has 39 heavy (non-hydrogen) atoms. The molecule has 2 aliphatic heterocycles. The average molecular weight is 542 g/mol. The van der Waals surface area contributed by atoms with Gasteiger partial charge in [-0.3, -0.25) is 14.4 Å². The highest BCUT2D eigenvalue weighted by Gasteiger charge is 2.25. The normalized spacial score (nSPS) is 16.6. The van der Waals surface area contributed by atoms with E-state index in [1.54, 1.807) is 21.9 Å². The molecule has 0 aliphatic carbocycles. The molecule has 2 N–H and O–H groups in total. The number of benzene rings is 2. The number of nitrogens with one attached hydrogen (secondary N) is 2. The maximum absolute atomic E-state index is 13.7. The number of nitrogens with zero attached hydrogens (tertiary/aromatic N) is 3. The second kappa shape index (κ2) is 12.1. The summed E-state index contributed by atoms with van der Waals surface area (Å²) in [4.78, 5) is 44.6. The maximum atomic E-state index is 13.7. The molecule has 2 aromatic carbocycles. The van der Waals surface area contributed by atoms with Gasteiger partial charge in [-0.15, -0.1) is 0 Å². The van der Waals surface area contributed by atoms with Crippen molar-refractivity contribution in [1.82, 2.24) is 15.1 Å². The highest BCUT2D eigenvalue weighted by Crippen LogP contribution is 2.30. The quantitative estimate of drug-likeness (QED) is 0.603. The molecule has 2 fully saturated rings. The Bertz CT molecular complexity index is 1200. The van der Waals surface area contributed by atoms with Gasteiger partial charge in [0, 0.05) is 76.0 Å². The lowest BCUT2D eigenvalue weighted by Crippen LogP contribution is -2.46. The zero-order valence-electron chi connectivity index (χ0n) is 22.9. The van der Waals surface area contributed by atoms with Crippen LogP contribution in [-0.2, 0) is 4.79 Å². The lowest BCUT2D eigenvalue weighted by Gasteiger charge is -2.29. The van der Waals surface area contributed by atoms with Gasteiger partial charge in [0.1, 0.15) is 11.6 Å². The summed E-state index contributed by atoms with van der Waals surface area (Å²) in [5.74, 6) is -2.23. The molecule has 10 heteroatoms. The first-order valence-corrected chi connectivity index (χ1v) is 13.4. The van der Waals surface area contributed by atoms with Crippen molar-refractivity contribution in [3.05, 3.63) is 59.2 Å². The largest absolute Gasteiger partial charge is 0.368 e. The second-order valence-electron chi connectivity index (χ2n) is 11.4. The molecule has 0 radical (unpaired) electrons. The maximum Gasteiger partial charge on any atom is 0.254 e. The third-order valence-electron chi connectivity index (χ3n) is 6.85. The van der Waals surface area contributed by atoms with E-state index < -0.39 is 17.5 Å². The van der Waals surface area contributed by atoms with Crippen molar-refractivity contribution in [2.75, 3.05) is 62.6 Å². The van der Waals surface area contributed by atoms with E-state index in [1.165, 1.54) is 0 Å². The molecule has 2 aromatic rings. The van der Waals surface area contributed by atoms with Crippen LogP contribution in [0.3, 0.4) is 0 Å². The molecule has 0 atom stereocenters. The molecule has 210 valence electrons. The fraction of sp³-hybridized carbons (Fsp3) is 0.483. The molecule has 2 heterocycles. The topological polar surface area (TPSA) is 85.0 Å². The van der Waals surface area contributed by atoms with Gasteiger partial charge in [0.05, 0.1) is 11.4 Å². The molecule has 2 aliphatic rings. The first-order valence-electron chi connectivity index (χ1n) is 13.4. The van der Waals surface area contributed by atoms with Crippen LogP contribution in [0.15, 0.2) is 36.4 Å². The summed E-state index contributed by atoms with van der Waals surface area (Å²) in [6, 6.07) is 8.21. The van der Waals surface area contributed by atoms with Crippen molar-refractivity contribution in [3.63, 3.8) is 0 Å². The van der Waals surface area contributed by atoms with Crippen molar-refractivity contribution in [2.45, 2.75) is 33.6 Å². The van der Waals surface area contributed by atoms with Crippen LogP contribution >= 0.6 is 0 Å². The van der Waals surface area contributed by atoms with Crippen LogP contribution in [0, 0.1) is 17.0 Å². The van der Waals surface area contributed by atoms with Crippen molar-refractivity contribution < 1.29 is 23.2 Å². The van der Waals surface area contributed by atoms with E-state index in [0.717, 1.165) is 37.0 Å². The van der Waals surface area contributed by atoms with Gasteiger partial charge in [-0.1, -0.05) is 20.8 Å². The van der Waals surface area contributed by atoms with Crippen molar-refractivity contribution >= 4 is 29.1 Å². The highest BCUT2D eigenvalue weighted by molar-refractivity contribution is 6.00. The molecule has 0 spiro atoms. The van der Waals surface area contributed by atoms with Crippen LogP contribution in [-0.4, -0.2) is 79.9 Å². The van der Waals surface area contributed by atoms with Gasteiger partial charge in [0.2, 0.25) is 5.91 Å². The van der Waals surface area contributed by atoms with E-state index >= 15 is 0 Å². The first-order chi connectivity index (χ1) is 18.5. The monoisotopic (exact) mass is 541 g/mol. The summed E-state index contributed by atoms with van der Waals surface area (Å²) in [7, 11) is 0. The predicted molar refractivity (Wildman–Crippen MR) is 147 cm³/mol. The third-order valence-corrected chi connectivity index (χ3v) is 6.85. The van der Waals surface area contributed by atoms with Crippen LogP contribution in [0.25, 0.3) is 0 Å². The fourth-order valence-corrected chi connectivity index (χ4v) is 4.99. The number of piperazine rings is 1. The van der Waals surface area contributed by atoms with Gasteiger partial charge in [-0.05, 0) is 42.2 Å². The van der Waals surface area contributed by atoms with Gasteiger partial charge in [0.25, 0.3) is 11.8 Å². The minimum Gasteiger partial charge on any atom is -0.368 e. The molecule has 2 saturated heterocycles. The molecular weight excluding hydrogens is 504 g/mol. The van der Waals surface area contributed by atoms with E-state index in [1.807, 2.05) is 26.8 Å². The number of hydrogen-bond acceptors (Lipinski definition) is 5. The van der Waals surface area contributed by atoms with Crippen LogP contribution in [0.1, 0.15) is 54.3 Å². The van der Waals surface area contributed by atoms with E-state index in [9.17, 15) is 23.2 Å². The van der Waals surface area contributed by atoms with Gasteiger partial charge >= 0.3 is 0 Å². The number of hydrogen-bond donors (Lipinski definition) is 2. The molecule has 0 unspecified atom stereocenters.